The zero-order valence-electron chi connectivity index (χ0n) is 23.3. The number of methoxy groups -OCH3 is 1. The standard InChI is InChI=1S/C32H35ClN2O6/c1-3-4-14-35(24-7-5-6-21(15-24)17-33)29(36)19-34-18-26(23-10-13-27-28(16-23)41-20-40-27)30(32(37)38)31(34)22-8-11-25(39-2)12-9-22/h5-13,15-16,26,30-31H,3-4,14,17-20H2,1-2H3,(H,37,38). The van der Waals surface area contributed by atoms with Crippen molar-refractivity contribution < 1.29 is 28.9 Å². The Morgan fingerprint density at radius 3 is 2.51 bits per heavy atom. The molecule has 0 radical (unpaired) electrons. The zero-order chi connectivity index (χ0) is 28.9. The Morgan fingerprint density at radius 2 is 1.80 bits per heavy atom. The predicted molar refractivity (Wildman–Crippen MR) is 157 cm³/mol. The predicted octanol–water partition coefficient (Wildman–Crippen LogP) is 5.84. The molecule has 1 N–H and O–H groups in total. The molecule has 0 spiro atoms. The maximum Gasteiger partial charge on any atom is 0.309 e. The molecule has 3 unspecified atom stereocenters. The van der Waals surface area contributed by atoms with Gasteiger partial charge >= 0.3 is 5.97 Å². The highest BCUT2D eigenvalue weighted by atomic mass is 35.5. The van der Waals surface area contributed by atoms with Crippen molar-refractivity contribution in [1.82, 2.24) is 4.90 Å². The van der Waals surface area contributed by atoms with Crippen LogP contribution in [0.1, 0.15) is 48.4 Å². The monoisotopic (exact) mass is 578 g/mol. The second kappa shape index (κ2) is 12.8. The molecule has 1 fully saturated rings. The summed E-state index contributed by atoms with van der Waals surface area (Å²) in [6.45, 7) is 3.25. The van der Waals surface area contributed by atoms with E-state index in [4.69, 9.17) is 25.8 Å². The molecule has 216 valence electrons. The van der Waals surface area contributed by atoms with Gasteiger partial charge in [0.25, 0.3) is 0 Å². The van der Waals surface area contributed by atoms with E-state index in [2.05, 4.69) is 6.92 Å². The number of carbonyl (C=O) groups is 2. The van der Waals surface area contributed by atoms with Gasteiger partial charge in [0.05, 0.1) is 19.6 Å². The molecule has 0 saturated carbocycles. The first-order valence-corrected chi connectivity index (χ1v) is 14.4. The number of aliphatic carboxylic acids is 1. The van der Waals surface area contributed by atoms with E-state index in [1.165, 1.54) is 0 Å². The van der Waals surface area contributed by atoms with Gasteiger partial charge < -0.3 is 24.2 Å². The number of ether oxygens (including phenoxy) is 3. The fourth-order valence-corrected chi connectivity index (χ4v) is 6.02. The number of fused-ring (bicyclic) bond motifs is 1. The van der Waals surface area contributed by atoms with E-state index in [1.807, 2.05) is 71.6 Å². The summed E-state index contributed by atoms with van der Waals surface area (Å²) in [4.78, 5) is 30.7. The molecular weight excluding hydrogens is 544 g/mol. The molecule has 41 heavy (non-hydrogen) atoms. The molecule has 0 aromatic heterocycles. The molecule has 1 amide bonds. The summed E-state index contributed by atoms with van der Waals surface area (Å²) in [6.07, 6.45) is 1.78. The lowest BCUT2D eigenvalue weighted by molar-refractivity contribution is -0.143. The first kappa shape index (κ1) is 28.8. The Morgan fingerprint density at radius 1 is 1.05 bits per heavy atom. The molecule has 1 saturated heterocycles. The molecule has 9 heteroatoms. The van der Waals surface area contributed by atoms with Crippen LogP contribution in [0.3, 0.4) is 0 Å². The third-order valence-electron chi connectivity index (χ3n) is 7.92. The average Bonchev–Trinajstić information content (AvgIpc) is 3.62. The summed E-state index contributed by atoms with van der Waals surface area (Å²) in [5, 5.41) is 10.6. The number of alkyl halides is 1. The number of hydrogen-bond acceptors (Lipinski definition) is 6. The number of carboxylic acids is 1. The minimum atomic E-state index is -0.916. The van der Waals surface area contributed by atoms with Crippen molar-refractivity contribution in [2.24, 2.45) is 5.92 Å². The first-order valence-electron chi connectivity index (χ1n) is 13.9. The third kappa shape index (κ3) is 6.14. The van der Waals surface area contributed by atoms with Crippen LogP contribution in [-0.2, 0) is 15.5 Å². The van der Waals surface area contributed by atoms with Gasteiger partial charge in [-0.05, 0) is 59.5 Å². The Bertz CT molecular complexity index is 1380. The van der Waals surface area contributed by atoms with Crippen LogP contribution >= 0.6 is 11.6 Å². The molecule has 5 rings (SSSR count). The van der Waals surface area contributed by atoms with Gasteiger partial charge in [0, 0.05) is 36.6 Å². The lowest BCUT2D eigenvalue weighted by Crippen LogP contribution is -2.41. The van der Waals surface area contributed by atoms with Crippen LogP contribution in [-0.4, -0.2) is 55.4 Å². The number of amides is 1. The Balaban J connectivity index is 1.51. The van der Waals surface area contributed by atoms with Crippen LogP contribution < -0.4 is 19.1 Å². The SMILES string of the molecule is CCCCN(C(=O)CN1CC(c2ccc3c(c2)OCO3)C(C(=O)O)C1c1ccc(OC)cc1)c1cccc(CCl)c1. The number of anilines is 1. The number of halogens is 1. The average molecular weight is 579 g/mol. The van der Waals surface area contributed by atoms with E-state index >= 15 is 0 Å². The Hall–Kier alpha value is -3.75. The van der Waals surface area contributed by atoms with Gasteiger partial charge in [-0.25, -0.2) is 0 Å². The minimum Gasteiger partial charge on any atom is -0.497 e. The van der Waals surface area contributed by atoms with Crippen molar-refractivity contribution in [1.29, 1.82) is 0 Å². The largest absolute Gasteiger partial charge is 0.497 e. The van der Waals surface area contributed by atoms with E-state index in [0.717, 1.165) is 35.2 Å². The van der Waals surface area contributed by atoms with Gasteiger partial charge in [-0.1, -0.05) is 43.7 Å². The van der Waals surface area contributed by atoms with Crippen molar-refractivity contribution in [2.45, 2.75) is 37.6 Å². The topological polar surface area (TPSA) is 88.5 Å². The van der Waals surface area contributed by atoms with Crippen LogP contribution in [0.5, 0.6) is 17.2 Å². The van der Waals surface area contributed by atoms with Crippen LogP contribution in [0.4, 0.5) is 5.69 Å². The molecule has 2 aliphatic heterocycles. The van der Waals surface area contributed by atoms with Gasteiger partial charge in [-0.15, -0.1) is 11.6 Å². The first-order chi connectivity index (χ1) is 19.9. The quantitative estimate of drug-likeness (QED) is 0.286. The highest BCUT2D eigenvalue weighted by Gasteiger charge is 2.48. The van der Waals surface area contributed by atoms with E-state index in [1.54, 1.807) is 12.0 Å². The van der Waals surface area contributed by atoms with E-state index in [0.29, 0.717) is 36.2 Å². The van der Waals surface area contributed by atoms with Gasteiger partial charge in [0.2, 0.25) is 12.7 Å². The zero-order valence-corrected chi connectivity index (χ0v) is 24.0. The second-order valence-electron chi connectivity index (χ2n) is 10.4. The van der Waals surface area contributed by atoms with Gasteiger partial charge in [0.15, 0.2) is 11.5 Å². The summed E-state index contributed by atoms with van der Waals surface area (Å²) in [5.41, 5.74) is 3.39. The lowest BCUT2D eigenvalue weighted by atomic mass is 9.82. The summed E-state index contributed by atoms with van der Waals surface area (Å²) in [6, 6.07) is 20.2. The molecule has 8 nitrogen and oxygen atoms in total. The van der Waals surface area contributed by atoms with E-state index in [9.17, 15) is 14.7 Å². The third-order valence-corrected chi connectivity index (χ3v) is 8.23. The van der Waals surface area contributed by atoms with Crippen LogP contribution in [0.25, 0.3) is 0 Å². The van der Waals surface area contributed by atoms with Crippen molar-refractivity contribution in [3.8, 4) is 17.2 Å². The number of likely N-dealkylation sites (tertiary alicyclic amines) is 1. The fraction of sp³-hybridized carbons (Fsp3) is 0.375. The number of hydrogen-bond donors (Lipinski definition) is 1. The van der Waals surface area contributed by atoms with Gasteiger partial charge in [0.1, 0.15) is 5.75 Å². The van der Waals surface area contributed by atoms with Gasteiger partial charge in [-0.3, -0.25) is 14.5 Å². The molecule has 0 bridgehead atoms. The van der Waals surface area contributed by atoms with Crippen molar-refractivity contribution in [3.63, 3.8) is 0 Å². The summed E-state index contributed by atoms with van der Waals surface area (Å²) >= 11 is 6.10. The fourth-order valence-electron chi connectivity index (χ4n) is 5.85. The molecule has 3 aromatic rings. The number of carboxylic acid groups (broad SMARTS) is 1. The van der Waals surface area contributed by atoms with Crippen molar-refractivity contribution >= 4 is 29.2 Å². The molecule has 0 aliphatic carbocycles. The highest BCUT2D eigenvalue weighted by Crippen LogP contribution is 2.48. The van der Waals surface area contributed by atoms with Crippen molar-refractivity contribution in [3.05, 3.63) is 83.4 Å². The Labute approximate surface area is 245 Å². The summed E-state index contributed by atoms with van der Waals surface area (Å²) < 4.78 is 16.4. The maximum atomic E-state index is 14.0. The van der Waals surface area contributed by atoms with Crippen LogP contribution in [0, 0.1) is 5.92 Å². The number of unbranched alkanes of at least 4 members (excludes halogenated alkanes) is 1. The van der Waals surface area contributed by atoms with E-state index < -0.39 is 17.9 Å². The molecule has 3 aromatic carbocycles. The second-order valence-corrected chi connectivity index (χ2v) is 10.7. The minimum absolute atomic E-state index is 0.0658. The lowest BCUT2D eigenvalue weighted by Gasteiger charge is -2.30. The molecule has 2 heterocycles. The molecule has 2 aliphatic rings. The summed E-state index contributed by atoms with van der Waals surface area (Å²) in [7, 11) is 1.59. The number of nitrogens with zero attached hydrogens (tertiary/aromatic N) is 2. The highest BCUT2D eigenvalue weighted by molar-refractivity contribution is 6.17. The smallest absolute Gasteiger partial charge is 0.309 e. The van der Waals surface area contributed by atoms with Crippen LogP contribution in [0.15, 0.2) is 66.7 Å². The molecular formula is C32H35ClN2O6. The van der Waals surface area contributed by atoms with Crippen LogP contribution in [0.2, 0.25) is 0 Å². The van der Waals surface area contributed by atoms with Gasteiger partial charge in [-0.2, -0.15) is 0 Å². The summed E-state index contributed by atoms with van der Waals surface area (Å²) in [5.74, 6) is 0.118. The Kier molecular flexibility index (Phi) is 9.00. The van der Waals surface area contributed by atoms with Crippen molar-refractivity contribution in [2.75, 3.05) is 38.4 Å². The number of benzene rings is 3. The maximum absolute atomic E-state index is 14.0. The number of carbonyl (C=O) groups excluding carboxylic acids is 1. The number of rotatable bonds is 11. The van der Waals surface area contributed by atoms with E-state index in [-0.39, 0.29) is 25.2 Å². The normalized spacial score (nSPS) is 19.7. The molecule has 3 atom stereocenters.